The van der Waals surface area contributed by atoms with Gasteiger partial charge < -0.3 is 10.1 Å². The van der Waals surface area contributed by atoms with Crippen LogP contribution in [0.25, 0.3) is 0 Å². The van der Waals surface area contributed by atoms with Crippen LogP contribution >= 0.6 is 23.2 Å². The zero-order valence-electron chi connectivity index (χ0n) is 25.0. The van der Waals surface area contributed by atoms with Crippen molar-refractivity contribution in [2.24, 2.45) is 11.8 Å². The standard InChI is InChI=1S/C39H28Cl2N2O4/c40-38-28-15-7-8-16-29(28)39(41,31-18-10-9-17-30(31)38)34-33(38)36(45)43(37(34)46)32(23-24-11-3-1-4-12-24)35(44)42-25-19-21-27(22-20-25)47-26-13-5-2-6-14-26/h1-22,32-34H,23H2,(H,42,44)/t32-,33+,34+,38?,39?/m0/s1. The van der Waals surface area contributed by atoms with E-state index >= 15 is 0 Å². The van der Waals surface area contributed by atoms with Crippen molar-refractivity contribution in [3.8, 4) is 11.5 Å². The second-order valence-electron chi connectivity index (χ2n) is 12.2. The van der Waals surface area contributed by atoms with Crippen molar-refractivity contribution in [2.45, 2.75) is 22.2 Å². The number of hydrogen-bond donors (Lipinski definition) is 1. The molecule has 1 fully saturated rings. The Hall–Kier alpha value is -4.91. The summed E-state index contributed by atoms with van der Waals surface area (Å²) in [5, 5.41) is 2.94. The summed E-state index contributed by atoms with van der Waals surface area (Å²) in [6, 6.07) is 39.5. The van der Waals surface area contributed by atoms with Crippen molar-refractivity contribution in [1.29, 1.82) is 0 Å². The van der Waals surface area contributed by atoms with Crippen LogP contribution in [0.5, 0.6) is 11.5 Å². The molecular weight excluding hydrogens is 631 g/mol. The van der Waals surface area contributed by atoms with Crippen molar-refractivity contribution < 1.29 is 19.1 Å². The first-order chi connectivity index (χ1) is 22.8. The average Bonchev–Trinajstić information content (AvgIpc) is 3.38. The highest BCUT2D eigenvalue weighted by atomic mass is 35.5. The number of nitrogens with zero attached hydrogens (tertiary/aromatic N) is 1. The van der Waals surface area contributed by atoms with Gasteiger partial charge in [0.2, 0.25) is 17.7 Å². The molecule has 1 saturated heterocycles. The van der Waals surface area contributed by atoms with E-state index in [9.17, 15) is 14.4 Å². The molecule has 0 spiro atoms. The molecule has 2 bridgehead atoms. The molecule has 0 saturated carbocycles. The summed E-state index contributed by atoms with van der Waals surface area (Å²) in [7, 11) is 0. The monoisotopic (exact) mass is 658 g/mol. The molecule has 0 radical (unpaired) electrons. The average molecular weight is 660 g/mol. The van der Waals surface area contributed by atoms with E-state index in [1.165, 1.54) is 0 Å². The van der Waals surface area contributed by atoms with E-state index in [1.54, 1.807) is 24.3 Å². The molecule has 5 aromatic carbocycles. The fourth-order valence-corrected chi connectivity index (χ4v) is 8.69. The van der Waals surface area contributed by atoms with Gasteiger partial charge in [-0.2, -0.15) is 0 Å². The van der Waals surface area contributed by atoms with Crippen LogP contribution in [-0.2, 0) is 30.6 Å². The van der Waals surface area contributed by atoms with Gasteiger partial charge in [0.25, 0.3) is 0 Å². The Labute approximate surface area is 281 Å². The van der Waals surface area contributed by atoms with E-state index in [1.807, 2.05) is 109 Å². The number of nitrogens with one attached hydrogen (secondary N) is 1. The van der Waals surface area contributed by atoms with Crippen molar-refractivity contribution >= 4 is 46.6 Å². The third-order valence-electron chi connectivity index (χ3n) is 9.61. The molecule has 4 aliphatic rings. The van der Waals surface area contributed by atoms with E-state index in [-0.39, 0.29) is 6.42 Å². The minimum absolute atomic E-state index is 0.114. The highest BCUT2D eigenvalue weighted by molar-refractivity contribution is 6.36. The fraction of sp³-hybridized carbons (Fsp3) is 0.154. The number of imide groups is 1. The number of alkyl halides is 2. The van der Waals surface area contributed by atoms with Crippen LogP contribution < -0.4 is 10.1 Å². The maximum absolute atomic E-state index is 14.7. The molecule has 47 heavy (non-hydrogen) atoms. The van der Waals surface area contributed by atoms with Crippen LogP contribution in [0.1, 0.15) is 27.8 Å². The van der Waals surface area contributed by atoms with Crippen molar-refractivity contribution in [2.75, 3.05) is 5.32 Å². The Morgan fingerprint density at radius 1 is 0.638 bits per heavy atom. The van der Waals surface area contributed by atoms with Crippen molar-refractivity contribution in [1.82, 2.24) is 4.90 Å². The van der Waals surface area contributed by atoms with E-state index in [4.69, 9.17) is 27.9 Å². The number of carbonyl (C=O) groups excluding carboxylic acids is 3. The van der Waals surface area contributed by atoms with Gasteiger partial charge in [-0.3, -0.25) is 19.3 Å². The zero-order valence-corrected chi connectivity index (χ0v) is 26.5. The van der Waals surface area contributed by atoms with Gasteiger partial charge in [-0.15, -0.1) is 23.2 Å². The highest BCUT2D eigenvalue weighted by Gasteiger charge is 2.73. The summed E-state index contributed by atoms with van der Waals surface area (Å²) in [4.78, 5) is 42.0. The molecule has 8 heteroatoms. The predicted octanol–water partition coefficient (Wildman–Crippen LogP) is 7.62. The van der Waals surface area contributed by atoms with Crippen LogP contribution in [0.4, 0.5) is 5.69 Å². The SMILES string of the molecule is O=C(Nc1ccc(Oc2ccccc2)cc1)[C@H](Cc1ccccc1)N1C(=O)[C@H]2[C@H](C1=O)C1(Cl)c3ccccc3C2(Cl)c2ccccc21. The maximum atomic E-state index is 14.7. The number of para-hydroxylation sites is 1. The molecule has 232 valence electrons. The topological polar surface area (TPSA) is 75.7 Å². The van der Waals surface area contributed by atoms with Gasteiger partial charge in [0.1, 0.15) is 27.3 Å². The molecule has 6 nitrogen and oxygen atoms in total. The number of ether oxygens (including phenoxy) is 1. The van der Waals surface area contributed by atoms with Crippen LogP contribution in [0.2, 0.25) is 0 Å². The minimum Gasteiger partial charge on any atom is -0.457 e. The molecule has 3 aliphatic carbocycles. The number of carbonyl (C=O) groups is 3. The highest BCUT2D eigenvalue weighted by Crippen LogP contribution is 2.69. The van der Waals surface area contributed by atoms with Crippen molar-refractivity contribution in [3.05, 3.63) is 161 Å². The third-order valence-corrected chi connectivity index (χ3v) is 10.9. The molecule has 1 N–H and O–H groups in total. The Bertz CT molecular complexity index is 1910. The van der Waals surface area contributed by atoms with Gasteiger partial charge in [0.05, 0.1) is 11.8 Å². The number of benzene rings is 5. The molecule has 5 aromatic rings. The van der Waals surface area contributed by atoms with Gasteiger partial charge in [-0.25, -0.2) is 0 Å². The lowest BCUT2D eigenvalue weighted by atomic mass is 9.54. The zero-order chi connectivity index (χ0) is 32.3. The number of likely N-dealkylation sites (tertiary alicyclic amines) is 1. The molecule has 9 rings (SSSR count). The summed E-state index contributed by atoms with van der Waals surface area (Å²) in [6.45, 7) is 0. The summed E-state index contributed by atoms with van der Waals surface area (Å²) < 4.78 is 5.89. The van der Waals surface area contributed by atoms with Gasteiger partial charge in [0, 0.05) is 12.1 Å². The number of rotatable bonds is 7. The van der Waals surface area contributed by atoms with E-state index < -0.39 is 45.3 Å². The molecule has 3 amide bonds. The molecular formula is C39H28Cl2N2O4. The van der Waals surface area contributed by atoms with E-state index in [0.29, 0.717) is 39.4 Å². The van der Waals surface area contributed by atoms with Crippen LogP contribution in [0.15, 0.2) is 133 Å². The van der Waals surface area contributed by atoms with Crippen molar-refractivity contribution in [3.63, 3.8) is 0 Å². The number of amides is 3. The van der Waals surface area contributed by atoms with Crippen LogP contribution in [0.3, 0.4) is 0 Å². The fourth-order valence-electron chi connectivity index (χ4n) is 7.59. The lowest BCUT2D eigenvalue weighted by molar-refractivity contribution is -0.146. The molecule has 1 heterocycles. The summed E-state index contributed by atoms with van der Waals surface area (Å²) in [5.41, 5.74) is 4.13. The summed E-state index contributed by atoms with van der Waals surface area (Å²) in [6.07, 6.45) is 0.114. The van der Waals surface area contributed by atoms with Crippen LogP contribution in [0, 0.1) is 11.8 Å². The normalized spacial score (nSPS) is 24.3. The molecule has 3 atom stereocenters. The second-order valence-corrected chi connectivity index (χ2v) is 13.3. The predicted molar refractivity (Wildman–Crippen MR) is 181 cm³/mol. The number of hydrogen-bond acceptors (Lipinski definition) is 4. The van der Waals surface area contributed by atoms with Crippen LogP contribution in [-0.4, -0.2) is 28.7 Å². The number of halogens is 2. The van der Waals surface area contributed by atoms with Gasteiger partial charge in [-0.1, -0.05) is 97.1 Å². The van der Waals surface area contributed by atoms with Gasteiger partial charge >= 0.3 is 0 Å². The Morgan fingerprint density at radius 3 is 1.55 bits per heavy atom. The van der Waals surface area contributed by atoms with E-state index in [2.05, 4.69) is 5.32 Å². The van der Waals surface area contributed by atoms with Gasteiger partial charge in [-0.05, 0) is 64.2 Å². The Kier molecular flexibility index (Phi) is 6.97. The maximum Gasteiger partial charge on any atom is 0.248 e. The summed E-state index contributed by atoms with van der Waals surface area (Å²) >= 11 is 15.2. The molecule has 0 aromatic heterocycles. The first-order valence-corrected chi connectivity index (χ1v) is 16.2. The van der Waals surface area contributed by atoms with Gasteiger partial charge in [0.15, 0.2) is 0 Å². The lowest BCUT2D eigenvalue weighted by Crippen LogP contribution is -2.57. The molecule has 1 aliphatic heterocycles. The number of anilines is 1. The Balaban J connectivity index is 1.16. The lowest BCUT2D eigenvalue weighted by Gasteiger charge is -2.54. The Morgan fingerprint density at radius 2 is 1.06 bits per heavy atom. The smallest absolute Gasteiger partial charge is 0.248 e. The largest absolute Gasteiger partial charge is 0.457 e. The quantitative estimate of drug-likeness (QED) is 0.144. The first kappa shape index (κ1) is 29.5. The molecule has 0 unspecified atom stereocenters. The minimum atomic E-state index is -1.33. The van der Waals surface area contributed by atoms with E-state index in [0.717, 1.165) is 10.5 Å². The second kappa shape index (κ2) is 11.1. The third kappa shape index (κ3) is 4.43. The first-order valence-electron chi connectivity index (χ1n) is 15.4. The summed E-state index contributed by atoms with van der Waals surface area (Å²) in [5.74, 6) is -2.23.